The number of hydrogen-bond acceptors (Lipinski definition) is 5. The molecule has 55 heavy (non-hydrogen) atoms. The van der Waals surface area contributed by atoms with E-state index in [1.165, 1.54) is 0 Å². The van der Waals surface area contributed by atoms with Crippen LogP contribution >= 0.6 is 0 Å². The summed E-state index contributed by atoms with van der Waals surface area (Å²) in [4.78, 5) is 24.8. The fourth-order valence-electron chi connectivity index (χ4n) is 6.50. The molecule has 6 rings (SSSR count). The fourth-order valence-corrected chi connectivity index (χ4v) is 6.50. The maximum absolute atomic E-state index is 13.3. The molecule has 6 aromatic rings. The van der Waals surface area contributed by atoms with E-state index in [0.29, 0.717) is 24.8 Å². The number of aliphatic hydroxyl groups excluding tert-OH is 1. The Morgan fingerprint density at radius 1 is 0.618 bits per heavy atom. The van der Waals surface area contributed by atoms with Crippen LogP contribution in [0.3, 0.4) is 0 Å². The van der Waals surface area contributed by atoms with Gasteiger partial charge in [0.2, 0.25) is 0 Å². The van der Waals surface area contributed by atoms with Crippen molar-refractivity contribution in [3.8, 4) is 92.7 Å². The number of aliphatic hydroxyl groups is 1. The Kier molecular flexibility index (Phi) is 14.0. The molecule has 5 heteroatoms. The lowest BCUT2D eigenvalue weighted by Crippen LogP contribution is -2.04. The van der Waals surface area contributed by atoms with E-state index in [1.54, 1.807) is 21.1 Å². The van der Waals surface area contributed by atoms with Gasteiger partial charge in [-0.2, -0.15) is 0 Å². The minimum Gasteiger partial charge on any atom is -0.495 e. The summed E-state index contributed by atoms with van der Waals surface area (Å²) in [6.45, 7) is 1.26. The minimum atomic E-state index is -0.456. The third-order valence-corrected chi connectivity index (χ3v) is 8.98. The molecule has 0 radical (unpaired) electrons. The average Bonchev–Trinajstić information content (AvgIpc) is 3.24. The monoisotopic (exact) mass is 720 g/mol. The zero-order valence-electron chi connectivity index (χ0n) is 31.2. The molecule has 0 saturated heterocycles. The molecule has 0 aliphatic rings. The highest BCUT2D eigenvalue weighted by Gasteiger charge is 2.25. The first-order valence-corrected chi connectivity index (χ1v) is 17.8. The van der Waals surface area contributed by atoms with Crippen LogP contribution in [-0.4, -0.2) is 37.5 Å². The molecule has 0 spiro atoms. The molecule has 0 aliphatic heterocycles. The van der Waals surface area contributed by atoms with E-state index in [0.717, 1.165) is 66.4 Å². The number of unbranched alkanes of at least 4 members (excludes halogenated alkanes) is 1. The molecule has 1 N–H and O–H groups in total. The van der Waals surface area contributed by atoms with Gasteiger partial charge in [0.05, 0.1) is 14.2 Å². The van der Waals surface area contributed by atoms with Crippen LogP contribution in [0.2, 0.25) is 0 Å². The van der Waals surface area contributed by atoms with Crippen LogP contribution in [0.1, 0.15) is 43.0 Å². The maximum Gasteiger partial charge on any atom is 0.162 e. The van der Waals surface area contributed by atoms with Gasteiger partial charge in [-0.05, 0) is 106 Å². The third-order valence-electron chi connectivity index (χ3n) is 8.98. The number of carbonyl (C=O) groups is 2. The third kappa shape index (κ3) is 9.51. The van der Waals surface area contributed by atoms with Gasteiger partial charge in [0.15, 0.2) is 11.6 Å². The van der Waals surface area contributed by atoms with Crippen LogP contribution in [0.4, 0.5) is 0 Å². The lowest BCUT2D eigenvalue weighted by molar-refractivity contribution is -0.121. The summed E-state index contributed by atoms with van der Waals surface area (Å²) in [5.74, 6) is 18.3. The van der Waals surface area contributed by atoms with Gasteiger partial charge in [0.25, 0.3) is 0 Å². The number of rotatable bonds is 12. The van der Waals surface area contributed by atoms with Crippen molar-refractivity contribution in [3.63, 3.8) is 0 Å². The van der Waals surface area contributed by atoms with Crippen molar-refractivity contribution in [2.75, 3.05) is 20.8 Å². The van der Waals surface area contributed by atoms with Crippen LogP contribution in [0.25, 0.3) is 54.9 Å². The van der Waals surface area contributed by atoms with Crippen molar-refractivity contribution in [3.05, 3.63) is 121 Å². The lowest BCUT2D eigenvalue weighted by atomic mass is 9.85. The normalized spacial score (nSPS) is 9.87. The molecule has 0 aromatic heterocycles. The van der Waals surface area contributed by atoms with E-state index >= 15 is 0 Å². The van der Waals surface area contributed by atoms with Gasteiger partial charge in [0.1, 0.15) is 18.1 Å². The maximum atomic E-state index is 13.3. The van der Waals surface area contributed by atoms with E-state index in [-0.39, 0.29) is 18.0 Å². The molecule has 0 amide bonds. The van der Waals surface area contributed by atoms with Crippen molar-refractivity contribution in [1.82, 2.24) is 0 Å². The predicted octanol–water partition coefficient (Wildman–Crippen LogP) is 9.97. The van der Waals surface area contributed by atoms with Gasteiger partial charge < -0.3 is 14.6 Å². The highest BCUT2D eigenvalue weighted by molar-refractivity contribution is 6.15. The summed E-state index contributed by atoms with van der Waals surface area (Å²) < 4.78 is 12.6. The van der Waals surface area contributed by atoms with E-state index in [4.69, 9.17) is 21.0 Å². The van der Waals surface area contributed by atoms with E-state index in [2.05, 4.69) is 90.0 Å². The summed E-state index contributed by atoms with van der Waals surface area (Å²) in [5.41, 5.74) is 6.36. The summed E-state index contributed by atoms with van der Waals surface area (Å²) in [6, 6.07) is 38.8. The predicted molar refractivity (Wildman–Crippen MR) is 224 cm³/mol. The molecule has 0 fully saturated rings. The van der Waals surface area contributed by atoms with Crippen LogP contribution in [0, 0.1) is 47.9 Å². The summed E-state index contributed by atoms with van der Waals surface area (Å²) >= 11 is 0. The van der Waals surface area contributed by atoms with Crippen molar-refractivity contribution < 1.29 is 24.2 Å². The van der Waals surface area contributed by atoms with Gasteiger partial charge in [-0.1, -0.05) is 103 Å². The Balaban J connectivity index is 0.000000574. The second kappa shape index (κ2) is 19.7. The van der Waals surface area contributed by atoms with Gasteiger partial charge >= 0.3 is 0 Å². The molecule has 5 nitrogen and oxygen atoms in total. The Morgan fingerprint density at radius 2 is 1.15 bits per heavy atom. The minimum absolute atomic E-state index is 0.0195. The average molecular weight is 721 g/mol. The Morgan fingerprint density at radius 3 is 1.73 bits per heavy atom. The van der Waals surface area contributed by atoms with Gasteiger partial charge in [-0.15, -0.1) is 6.42 Å². The number of hydrogen-bond donors (Lipinski definition) is 1. The number of benzene rings is 6. The molecule has 0 saturated carbocycles. The van der Waals surface area contributed by atoms with Crippen molar-refractivity contribution in [2.45, 2.75) is 32.6 Å². The first kappa shape index (κ1) is 39.2. The summed E-state index contributed by atoms with van der Waals surface area (Å²) in [5, 5.41) is 13.0. The van der Waals surface area contributed by atoms with Crippen molar-refractivity contribution >= 4 is 33.1 Å². The van der Waals surface area contributed by atoms with Crippen LogP contribution < -0.4 is 9.47 Å². The molecule has 0 aliphatic carbocycles. The first-order valence-electron chi connectivity index (χ1n) is 17.8. The fraction of sp³-hybridized carbons (Fsp3) is 0.160. The molecule has 0 unspecified atom stereocenters. The second-order valence-corrected chi connectivity index (χ2v) is 12.4. The molecule has 0 atom stereocenters. The summed E-state index contributed by atoms with van der Waals surface area (Å²) in [7, 11) is 3.41. The lowest BCUT2D eigenvalue weighted by Gasteiger charge is -2.23. The zero-order chi connectivity index (χ0) is 39.0. The molecule has 270 valence electrons. The highest BCUT2D eigenvalue weighted by atomic mass is 16.5. The summed E-state index contributed by atoms with van der Waals surface area (Å²) in [6.07, 6.45) is 6.58. The highest BCUT2D eigenvalue weighted by Crippen LogP contribution is 2.52. The van der Waals surface area contributed by atoms with Crippen molar-refractivity contribution in [1.29, 1.82) is 0 Å². The molecule has 0 bridgehead atoms. The number of carbonyl (C=O) groups excluding carboxylic acids is 2. The van der Waals surface area contributed by atoms with Crippen LogP contribution in [0.15, 0.2) is 115 Å². The number of ether oxygens (including phenoxy) is 2. The second-order valence-electron chi connectivity index (χ2n) is 12.4. The Labute approximate surface area is 323 Å². The quantitative estimate of drug-likeness (QED) is 0.0774. The van der Waals surface area contributed by atoms with E-state index < -0.39 is 6.61 Å². The SMILES string of the molecule is C#CC#CC#CC#CC.COc1c(-c2ccccc2)cc2ccccc2c1-c1c(OC)c(-c2ccccc2)cc2cc(C(=O)CCCCC(=O)CO)ccc12. The Hall–Kier alpha value is -7.02. The number of Topliss-reactive ketones (excluding diaryl/α,β-unsaturated/α-hetero) is 2. The number of methoxy groups -OCH3 is 2. The largest absolute Gasteiger partial charge is 0.495 e. The van der Waals surface area contributed by atoms with E-state index in [1.807, 2.05) is 66.7 Å². The van der Waals surface area contributed by atoms with Crippen molar-refractivity contribution in [2.24, 2.45) is 0 Å². The molecular formula is C50H40O5. The molecule has 0 heterocycles. The van der Waals surface area contributed by atoms with E-state index in [9.17, 15) is 9.59 Å². The zero-order valence-corrected chi connectivity index (χ0v) is 31.2. The standard InChI is InChI=1S/C41H36O5.C9H4/c1-45-40-35(27-13-5-3-6-14-27)24-29-17-9-11-19-33(29)38(40)39-34-22-21-30(37(44)20-12-10-18-32(43)26-42)23-31(34)25-36(41(39)46-2)28-15-7-4-8-16-28;1-3-5-7-9-8-6-4-2/h3-9,11,13-17,19,21-25,42H,10,12,18,20,26H2,1-2H3;1H,2H3. The Bertz CT molecular complexity index is 2560. The van der Waals surface area contributed by atoms with Gasteiger partial charge in [-0.3, -0.25) is 9.59 Å². The first-order chi connectivity index (χ1) is 26.9. The topological polar surface area (TPSA) is 72.8 Å². The van der Waals surface area contributed by atoms with Gasteiger partial charge in [-0.25, -0.2) is 0 Å². The number of fused-ring (bicyclic) bond motifs is 2. The number of terminal acetylenes is 1. The molecule has 6 aromatic carbocycles. The molecular weight excluding hydrogens is 681 g/mol. The van der Waals surface area contributed by atoms with Crippen LogP contribution in [-0.2, 0) is 4.79 Å². The number of ketones is 2. The smallest absolute Gasteiger partial charge is 0.162 e. The van der Waals surface area contributed by atoms with Gasteiger partial charge in [0, 0.05) is 40.7 Å². The van der Waals surface area contributed by atoms with Crippen LogP contribution in [0.5, 0.6) is 11.5 Å².